The van der Waals surface area contributed by atoms with Crippen LogP contribution in [0.3, 0.4) is 0 Å². The highest BCUT2D eigenvalue weighted by Gasteiger charge is 2.34. The smallest absolute Gasteiger partial charge is 0.143 e. The Balaban J connectivity index is 1.46. The summed E-state index contributed by atoms with van der Waals surface area (Å²) in [6.07, 6.45) is 8.61. The van der Waals surface area contributed by atoms with Crippen molar-refractivity contribution in [1.29, 1.82) is 0 Å². The van der Waals surface area contributed by atoms with E-state index >= 15 is 0 Å². The van der Waals surface area contributed by atoms with Crippen LogP contribution in [-0.2, 0) is 9.59 Å². The molecule has 0 saturated heterocycles. The van der Waals surface area contributed by atoms with Gasteiger partial charge in [0.25, 0.3) is 0 Å². The van der Waals surface area contributed by atoms with E-state index in [9.17, 15) is 9.59 Å². The van der Waals surface area contributed by atoms with Crippen LogP contribution in [0.1, 0.15) is 83.1 Å². The standard InChI is InChI=1S/C24H34O3/c1-3-17-7-14-22(23(25)15-17)24(26)16-18-5-8-19(9-6-18)20-10-12-21(13-11-20)27-4-2/h10-13,17-19,22H,3-9,14-16H2,1-2H3/t17?,18-,19-,22?. The summed E-state index contributed by atoms with van der Waals surface area (Å²) in [7, 11) is 0. The topological polar surface area (TPSA) is 43.4 Å². The molecule has 1 aromatic carbocycles. The van der Waals surface area contributed by atoms with E-state index in [1.54, 1.807) is 0 Å². The second-order valence-corrected chi connectivity index (χ2v) is 8.46. The first-order valence-electron chi connectivity index (χ1n) is 10.9. The quantitative estimate of drug-likeness (QED) is 0.577. The fourth-order valence-electron chi connectivity index (χ4n) is 4.91. The van der Waals surface area contributed by atoms with E-state index in [-0.39, 0.29) is 17.5 Å². The molecule has 0 aromatic heterocycles. The van der Waals surface area contributed by atoms with E-state index in [1.165, 1.54) is 5.56 Å². The summed E-state index contributed by atoms with van der Waals surface area (Å²) < 4.78 is 5.52. The van der Waals surface area contributed by atoms with Gasteiger partial charge in [-0.15, -0.1) is 0 Å². The minimum absolute atomic E-state index is 0.209. The van der Waals surface area contributed by atoms with E-state index in [0.29, 0.717) is 37.2 Å². The molecule has 2 atom stereocenters. The highest BCUT2D eigenvalue weighted by Crippen LogP contribution is 2.39. The molecule has 0 spiro atoms. The highest BCUT2D eigenvalue weighted by atomic mass is 16.5. The zero-order valence-electron chi connectivity index (χ0n) is 16.9. The van der Waals surface area contributed by atoms with Crippen molar-refractivity contribution in [3.8, 4) is 5.75 Å². The maximum absolute atomic E-state index is 12.7. The van der Waals surface area contributed by atoms with Crippen LogP contribution in [0.4, 0.5) is 0 Å². The maximum atomic E-state index is 12.7. The molecular weight excluding hydrogens is 336 g/mol. The van der Waals surface area contributed by atoms with Crippen LogP contribution < -0.4 is 4.74 Å². The number of carbonyl (C=O) groups excluding carboxylic acids is 2. The van der Waals surface area contributed by atoms with Gasteiger partial charge in [-0.25, -0.2) is 0 Å². The molecule has 0 N–H and O–H groups in total. The third-order valence-electron chi connectivity index (χ3n) is 6.71. The Kier molecular flexibility index (Phi) is 7.09. The molecule has 3 nitrogen and oxygen atoms in total. The molecule has 0 radical (unpaired) electrons. The lowest BCUT2D eigenvalue weighted by atomic mass is 9.73. The van der Waals surface area contributed by atoms with Gasteiger partial charge in [0.1, 0.15) is 17.3 Å². The maximum Gasteiger partial charge on any atom is 0.143 e. The SMILES string of the molecule is CCOc1ccc([C@H]2CC[C@H](CC(=O)C3CCC(CC)CC3=O)CC2)cc1. The van der Waals surface area contributed by atoms with Crippen molar-refractivity contribution in [1.82, 2.24) is 0 Å². The molecule has 0 amide bonds. The van der Waals surface area contributed by atoms with Crippen molar-refractivity contribution in [3.05, 3.63) is 29.8 Å². The summed E-state index contributed by atoms with van der Waals surface area (Å²) in [5.41, 5.74) is 1.39. The lowest BCUT2D eigenvalue weighted by molar-refractivity contribution is -0.136. The zero-order chi connectivity index (χ0) is 19.2. The molecule has 27 heavy (non-hydrogen) atoms. The van der Waals surface area contributed by atoms with Gasteiger partial charge >= 0.3 is 0 Å². The number of benzene rings is 1. The van der Waals surface area contributed by atoms with Gasteiger partial charge in [-0.2, -0.15) is 0 Å². The lowest BCUT2D eigenvalue weighted by Crippen LogP contribution is -2.32. The van der Waals surface area contributed by atoms with E-state index in [4.69, 9.17) is 4.74 Å². The molecule has 2 aliphatic carbocycles. The monoisotopic (exact) mass is 370 g/mol. The summed E-state index contributed by atoms with van der Waals surface area (Å²) in [4.78, 5) is 25.0. The Labute approximate surface area is 163 Å². The third kappa shape index (κ3) is 5.21. The largest absolute Gasteiger partial charge is 0.494 e. The van der Waals surface area contributed by atoms with E-state index in [0.717, 1.165) is 50.7 Å². The number of rotatable bonds is 7. The normalized spacial score (nSPS) is 28.7. The second-order valence-electron chi connectivity index (χ2n) is 8.46. The summed E-state index contributed by atoms with van der Waals surface area (Å²) in [6, 6.07) is 8.50. The molecular formula is C24H34O3. The first kappa shape index (κ1) is 20.1. The van der Waals surface area contributed by atoms with Gasteiger partial charge in [-0.05, 0) is 80.9 Å². The number of Topliss-reactive ketones (excluding diaryl/α,β-unsaturated/α-hetero) is 2. The molecule has 0 heterocycles. The van der Waals surface area contributed by atoms with Crippen LogP contribution in [0.25, 0.3) is 0 Å². The lowest BCUT2D eigenvalue weighted by Gasteiger charge is -2.30. The average molecular weight is 371 g/mol. The van der Waals surface area contributed by atoms with Crippen molar-refractivity contribution in [2.75, 3.05) is 6.61 Å². The van der Waals surface area contributed by atoms with Gasteiger partial charge < -0.3 is 4.74 Å². The van der Waals surface area contributed by atoms with E-state index < -0.39 is 0 Å². The Hall–Kier alpha value is -1.64. The minimum atomic E-state index is -0.295. The van der Waals surface area contributed by atoms with Gasteiger partial charge in [-0.1, -0.05) is 25.5 Å². The summed E-state index contributed by atoms with van der Waals surface area (Å²) in [5, 5.41) is 0. The van der Waals surface area contributed by atoms with Crippen LogP contribution in [0.15, 0.2) is 24.3 Å². The van der Waals surface area contributed by atoms with Gasteiger partial charge in [0.05, 0.1) is 12.5 Å². The Morgan fingerprint density at radius 2 is 1.63 bits per heavy atom. The van der Waals surface area contributed by atoms with Crippen molar-refractivity contribution >= 4 is 11.6 Å². The van der Waals surface area contributed by atoms with Crippen molar-refractivity contribution < 1.29 is 14.3 Å². The Morgan fingerprint density at radius 1 is 0.963 bits per heavy atom. The Morgan fingerprint density at radius 3 is 2.22 bits per heavy atom. The Bertz CT molecular complexity index is 626. The van der Waals surface area contributed by atoms with E-state index in [1.807, 2.05) is 6.92 Å². The first-order valence-corrected chi connectivity index (χ1v) is 10.9. The average Bonchev–Trinajstić information content (AvgIpc) is 2.69. The molecule has 1 aromatic rings. The van der Waals surface area contributed by atoms with Crippen LogP contribution in [0.5, 0.6) is 5.75 Å². The van der Waals surface area contributed by atoms with E-state index in [2.05, 4.69) is 31.2 Å². The number of hydrogen-bond donors (Lipinski definition) is 0. The number of ketones is 2. The number of ether oxygens (including phenoxy) is 1. The highest BCUT2D eigenvalue weighted by molar-refractivity contribution is 6.02. The number of carbonyl (C=O) groups is 2. The minimum Gasteiger partial charge on any atom is -0.494 e. The molecule has 0 aliphatic heterocycles. The molecule has 2 saturated carbocycles. The second kappa shape index (κ2) is 9.52. The molecule has 0 bridgehead atoms. The van der Waals surface area contributed by atoms with Gasteiger partial charge in [-0.3, -0.25) is 9.59 Å². The molecule has 2 fully saturated rings. The zero-order valence-corrected chi connectivity index (χ0v) is 16.9. The molecule has 2 aliphatic rings. The van der Waals surface area contributed by atoms with Crippen LogP contribution in [0, 0.1) is 17.8 Å². The third-order valence-corrected chi connectivity index (χ3v) is 6.71. The van der Waals surface area contributed by atoms with Crippen LogP contribution in [0.2, 0.25) is 0 Å². The summed E-state index contributed by atoms with van der Waals surface area (Å²) in [5.74, 6) is 2.63. The predicted molar refractivity (Wildman–Crippen MR) is 108 cm³/mol. The van der Waals surface area contributed by atoms with Crippen molar-refractivity contribution in [3.63, 3.8) is 0 Å². The number of hydrogen-bond acceptors (Lipinski definition) is 3. The first-order chi connectivity index (χ1) is 13.1. The fourth-order valence-corrected chi connectivity index (χ4v) is 4.91. The van der Waals surface area contributed by atoms with Crippen molar-refractivity contribution in [2.24, 2.45) is 17.8 Å². The molecule has 3 heteroatoms. The van der Waals surface area contributed by atoms with Crippen LogP contribution in [-0.4, -0.2) is 18.2 Å². The summed E-state index contributed by atoms with van der Waals surface area (Å²) >= 11 is 0. The summed E-state index contributed by atoms with van der Waals surface area (Å²) in [6.45, 7) is 4.84. The molecule has 2 unspecified atom stereocenters. The van der Waals surface area contributed by atoms with Crippen molar-refractivity contribution in [2.45, 2.75) is 77.6 Å². The van der Waals surface area contributed by atoms with Gasteiger partial charge in [0.15, 0.2) is 0 Å². The predicted octanol–water partition coefficient (Wildman–Crippen LogP) is 5.71. The van der Waals surface area contributed by atoms with Crippen LogP contribution >= 0.6 is 0 Å². The van der Waals surface area contributed by atoms with Gasteiger partial charge in [0.2, 0.25) is 0 Å². The molecule has 148 valence electrons. The fraction of sp³-hybridized carbons (Fsp3) is 0.667. The van der Waals surface area contributed by atoms with Gasteiger partial charge in [0, 0.05) is 12.8 Å². The molecule has 3 rings (SSSR count).